The van der Waals surface area contributed by atoms with Gasteiger partial charge in [0.2, 0.25) is 5.91 Å². The Bertz CT molecular complexity index is 740. The molecule has 0 aliphatic rings. The Balaban J connectivity index is 2.11. The van der Waals surface area contributed by atoms with Gasteiger partial charge in [-0.2, -0.15) is 0 Å². The molecule has 1 atom stereocenters. The summed E-state index contributed by atoms with van der Waals surface area (Å²) in [6.07, 6.45) is -0.257. The number of halogens is 1. The molecule has 0 unspecified atom stereocenters. The van der Waals surface area contributed by atoms with Gasteiger partial charge in [0.05, 0.1) is 0 Å². The minimum absolute atomic E-state index is 0.304. The SMILES string of the molecule is CC(C)(C)OC(=O)N[C@H](Cc1ccccc1)C(=O)Nc1ccc(Br)cc1. The summed E-state index contributed by atoms with van der Waals surface area (Å²) in [5.41, 5.74) is 0.964. The maximum Gasteiger partial charge on any atom is 0.408 e. The molecule has 0 saturated carbocycles. The normalized spacial score (nSPS) is 12.2. The maximum absolute atomic E-state index is 12.7. The highest BCUT2D eigenvalue weighted by Gasteiger charge is 2.24. The zero-order valence-electron chi connectivity index (χ0n) is 15.1. The van der Waals surface area contributed by atoms with Gasteiger partial charge in [-0.1, -0.05) is 46.3 Å². The van der Waals surface area contributed by atoms with Gasteiger partial charge in [-0.15, -0.1) is 0 Å². The molecule has 2 aromatic carbocycles. The molecule has 0 aromatic heterocycles. The fourth-order valence-corrected chi connectivity index (χ4v) is 2.54. The number of carbonyl (C=O) groups is 2. The van der Waals surface area contributed by atoms with Crippen molar-refractivity contribution in [3.05, 3.63) is 64.6 Å². The summed E-state index contributed by atoms with van der Waals surface area (Å²) >= 11 is 3.36. The molecule has 0 radical (unpaired) electrons. The van der Waals surface area contributed by atoms with Gasteiger partial charge in [0.25, 0.3) is 0 Å². The molecule has 0 fully saturated rings. The smallest absolute Gasteiger partial charge is 0.408 e. The lowest BCUT2D eigenvalue weighted by molar-refractivity contribution is -0.118. The van der Waals surface area contributed by atoms with Gasteiger partial charge in [0, 0.05) is 16.6 Å². The molecular formula is C20H23BrN2O3. The van der Waals surface area contributed by atoms with E-state index >= 15 is 0 Å². The number of alkyl carbamates (subject to hydrolysis) is 1. The third-order valence-electron chi connectivity index (χ3n) is 3.40. The van der Waals surface area contributed by atoms with E-state index in [0.29, 0.717) is 12.1 Å². The lowest BCUT2D eigenvalue weighted by Crippen LogP contribution is -2.47. The molecule has 0 heterocycles. The highest BCUT2D eigenvalue weighted by Crippen LogP contribution is 2.15. The van der Waals surface area contributed by atoms with Crippen LogP contribution in [-0.4, -0.2) is 23.6 Å². The van der Waals surface area contributed by atoms with Crippen LogP contribution >= 0.6 is 15.9 Å². The Hall–Kier alpha value is -2.34. The molecule has 0 spiro atoms. The number of amides is 2. The summed E-state index contributed by atoms with van der Waals surface area (Å²) in [6, 6.07) is 16.0. The fourth-order valence-electron chi connectivity index (χ4n) is 2.27. The Labute approximate surface area is 162 Å². The average molecular weight is 419 g/mol. The van der Waals surface area contributed by atoms with Crippen LogP contribution in [-0.2, 0) is 16.0 Å². The zero-order valence-corrected chi connectivity index (χ0v) is 16.7. The van der Waals surface area contributed by atoms with Crippen LogP contribution in [0.4, 0.5) is 10.5 Å². The Kier molecular flexibility index (Phi) is 6.80. The Morgan fingerprint density at radius 2 is 1.65 bits per heavy atom. The van der Waals surface area contributed by atoms with Crippen LogP contribution in [0.3, 0.4) is 0 Å². The van der Waals surface area contributed by atoms with Crippen molar-refractivity contribution in [3.8, 4) is 0 Å². The van der Waals surface area contributed by atoms with Crippen LogP contribution in [0.15, 0.2) is 59.1 Å². The molecule has 2 amide bonds. The van der Waals surface area contributed by atoms with Crippen molar-refractivity contribution in [2.75, 3.05) is 5.32 Å². The first-order chi connectivity index (χ1) is 12.2. The molecule has 5 nitrogen and oxygen atoms in total. The predicted molar refractivity (Wildman–Crippen MR) is 106 cm³/mol. The zero-order chi connectivity index (χ0) is 19.2. The van der Waals surface area contributed by atoms with Gasteiger partial charge in [-0.3, -0.25) is 4.79 Å². The fraction of sp³-hybridized carbons (Fsp3) is 0.300. The van der Waals surface area contributed by atoms with E-state index in [9.17, 15) is 9.59 Å². The van der Waals surface area contributed by atoms with Crippen molar-refractivity contribution in [1.82, 2.24) is 5.32 Å². The van der Waals surface area contributed by atoms with Crippen LogP contribution in [0.2, 0.25) is 0 Å². The lowest BCUT2D eigenvalue weighted by atomic mass is 10.1. The molecule has 0 aliphatic carbocycles. The minimum Gasteiger partial charge on any atom is -0.444 e. The van der Waals surface area contributed by atoms with Crippen LogP contribution in [0, 0.1) is 0 Å². The highest BCUT2D eigenvalue weighted by molar-refractivity contribution is 9.10. The summed E-state index contributed by atoms with van der Waals surface area (Å²) in [5.74, 6) is -0.304. The maximum atomic E-state index is 12.7. The van der Waals surface area contributed by atoms with E-state index in [1.165, 1.54) is 0 Å². The van der Waals surface area contributed by atoms with Crippen molar-refractivity contribution in [3.63, 3.8) is 0 Å². The van der Waals surface area contributed by atoms with E-state index in [1.54, 1.807) is 32.9 Å². The van der Waals surface area contributed by atoms with Gasteiger partial charge in [0.15, 0.2) is 0 Å². The number of carbonyl (C=O) groups excluding carboxylic acids is 2. The monoisotopic (exact) mass is 418 g/mol. The van der Waals surface area contributed by atoms with E-state index in [2.05, 4.69) is 26.6 Å². The van der Waals surface area contributed by atoms with E-state index in [-0.39, 0.29) is 5.91 Å². The summed E-state index contributed by atoms with van der Waals surface area (Å²) < 4.78 is 6.21. The number of anilines is 1. The minimum atomic E-state index is -0.754. The molecule has 138 valence electrons. The molecular weight excluding hydrogens is 396 g/mol. The van der Waals surface area contributed by atoms with E-state index < -0.39 is 17.7 Å². The molecule has 0 saturated heterocycles. The van der Waals surface area contributed by atoms with Gasteiger partial charge >= 0.3 is 6.09 Å². The van der Waals surface area contributed by atoms with E-state index in [1.807, 2.05) is 42.5 Å². The Morgan fingerprint density at radius 3 is 2.23 bits per heavy atom. The summed E-state index contributed by atoms with van der Waals surface area (Å²) in [4.78, 5) is 24.9. The van der Waals surface area contributed by atoms with Gasteiger partial charge in [-0.25, -0.2) is 4.79 Å². The molecule has 6 heteroatoms. The molecule has 2 N–H and O–H groups in total. The van der Waals surface area contributed by atoms with Gasteiger partial charge in [0.1, 0.15) is 11.6 Å². The van der Waals surface area contributed by atoms with Crippen molar-refractivity contribution in [1.29, 1.82) is 0 Å². The van der Waals surface area contributed by atoms with E-state index in [4.69, 9.17) is 4.74 Å². The third kappa shape index (κ3) is 6.88. The number of rotatable bonds is 5. The molecule has 0 aliphatic heterocycles. The predicted octanol–water partition coefficient (Wildman–Crippen LogP) is 4.52. The molecule has 26 heavy (non-hydrogen) atoms. The van der Waals surface area contributed by atoms with Gasteiger partial charge in [-0.05, 0) is 50.6 Å². The number of hydrogen-bond acceptors (Lipinski definition) is 3. The van der Waals surface area contributed by atoms with Crippen LogP contribution < -0.4 is 10.6 Å². The van der Waals surface area contributed by atoms with Gasteiger partial charge < -0.3 is 15.4 Å². The van der Waals surface area contributed by atoms with Crippen molar-refractivity contribution in [2.24, 2.45) is 0 Å². The largest absolute Gasteiger partial charge is 0.444 e. The first-order valence-electron chi connectivity index (χ1n) is 8.33. The standard InChI is InChI=1S/C20H23BrN2O3/c1-20(2,3)26-19(25)23-17(13-14-7-5-4-6-8-14)18(24)22-16-11-9-15(21)10-12-16/h4-12,17H,13H2,1-3H3,(H,22,24)(H,23,25)/t17-/m1/s1. The van der Waals surface area contributed by atoms with Crippen LogP contribution in [0.5, 0.6) is 0 Å². The number of benzene rings is 2. The number of nitrogens with one attached hydrogen (secondary N) is 2. The second-order valence-corrected chi connectivity index (χ2v) is 7.80. The van der Waals surface area contributed by atoms with E-state index in [0.717, 1.165) is 10.0 Å². The topological polar surface area (TPSA) is 67.4 Å². The molecule has 0 bridgehead atoms. The average Bonchev–Trinajstić information content (AvgIpc) is 2.55. The first kappa shape index (κ1) is 20.0. The van der Waals surface area contributed by atoms with Crippen molar-refractivity contribution >= 4 is 33.6 Å². The Morgan fingerprint density at radius 1 is 1.04 bits per heavy atom. The number of hydrogen-bond donors (Lipinski definition) is 2. The van der Waals surface area contributed by atoms with Crippen LogP contribution in [0.1, 0.15) is 26.3 Å². The van der Waals surface area contributed by atoms with Crippen molar-refractivity contribution in [2.45, 2.75) is 38.8 Å². The second kappa shape index (κ2) is 8.85. The lowest BCUT2D eigenvalue weighted by Gasteiger charge is -2.23. The summed E-state index contributed by atoms with van der Waals surface area (Å²) in [6.45, 7) is 5.34. The highest BCUT2D eigenvalue weighted by atomic mass is 79.9. The quantitative estimate of drug-likeness (QED) is 0.749. The second-order valence-electron chi connectivity index (χ2n) is 6.88. The third-order valence-corrected chi connectivity index (χ3v) is 3.93. The summed E-state index contributed by atoms with van der Waals surface area (Å²) in [7, 11) is 0. The molecule has 2 rings (SSSR count). The number of ether oxygens (including phenoxy) is 1. The summed E-state index contributed by atoms with van der Waals surface area (Å²) in [5, 5.41) is 5.50. The molecule has 2 aromatic rings. The van der Waals surface area contributed by atoms with Crippen molar-refractivity contribution < 1.29 is 14.3 Å². The first-order valence-corrected chi connectivity index (χ1v) is 9.12. The van der Waals surface area contributed by atoms with Crippen LogP contribution in [0.25, 0.3) is 0 Å².